The molecule has 2 heteroatoms. The minimum Gasteiger partial charge on any atom is -0.395 e. The quantitative estimate of drug-likeness (QED) is 0.644. The van der Waals surface area contributed by atoms with Gasteiger partial charge in [0.2, 0.25) is 0 Å². The molecule has 1 rings (SSSR count). The molecule has 0 spiro atoms. The SMILES string of the molecule is C[C@H]1CC[C@@H](NCCO)CC1. The summed E-state index contributed by atoms with van der Waals surface area (Å²) in [5, 5.41) is 11.9. The minimum absolute atomic E-state index is 0.270. The molecule has 0 aromatic carbocycles. The molecule has 0 bridgehead atoms. The molecule has 0 saturated heterocycles. The number of aliphatic hydroxyl groups excluding tert-OH is 1. The normalized spacial score (nSPS) is 32.2. The third kappa shape index (κ3) is 3.21. The zero-order valence-electron chi connectivity index (χ0n) is 7.34. The summed E-state index contributed by atoms with van der Waals surface area (Å²) in [6.45, 7) is 3.35. The second kappa shape index (κ2) is 4.73. The maximum Gasteiger partial charge on any atom is 0.0556 e. The van der Waals surface area contributed by atoms with Crippen LogP contribution in [0.1, 0.15) is 32.6 Å². The van der Waals surface area contributed by atoms with Gasteiger partial charge < -0.3 is 10.4 Å². The first kappa shape index (κ1) is 9.01. The molecule has 0 aromatic heterocycles. The van der Waals surface area contributed by atoms with Crippen molar-refractivity contribution in [3.05, 3.63) is 0 Å². The van der Waals surface area contributed by atoms with Crippen LogP contribution in [-0.4, -0.2) is 24.3 Å². The first-order valence-electron chi connectivity index (χ1n) is 4.67. The van der Waals surface area contributed by atoms with E-state index in [0.29, 0.717) is 6.04 Å². The number of hydrogen-bond donors (Lipinski definition) is 2. The predicted molar refractivity (Wildman–Crippen MR) is 46.5 cm³/mol. The molecule has 1 aliphatic rings. The summed E-state index contributed by atoms with van der Waals surface area (Å²) >= 11 is 0. The maximum absolute atomic E-state index is 8.59. The fraction of sp³-hybridized carbons (Fsp3) is 1.00. The van der Waals surface area contributed by atoms with Gasteiger partial charge >= 0.3 is 0 Å². The van der Waals surface area contributed by atoms with E-state index in [2.05, 4.69) is 12.2 Å². The smallest absolute Gasteiger partial charge is 0.0556 e. The van der Waals surface area contributed by atoms with E-state index >= 15 is 0 Å². The predicted octanol–water partition coefficient (Wildman–Crippen LogP) is 1.15. The molecule has 1 fully saturated rings. The van der Waals surface area contributed by atoms with E-state index in [1.54, 1.807) is 0 Å². The van der Waals surface area contributed by atoms with E-state index in [1.807, 2.05) is 0 Å². The standard InChI is InChI=1S/C9H19NO/c1-8-2-4-9(5-3-8)10-6-7-11/h8-11H,2-7H2,1H3/t8-,9+. The van der Waals surface area contributed by atoms with Crippen LogP contribution in [0.15, 0.2) is 0 Å². The van der Waals surface area contributed by atoms with Gasteiger partial charge in [-0.05, 0) is 31.6 Å². The highest BCUT2D eigenvalue weighted by molar-refractivity contribution is 4.74. The summed E-state index contributed by atoms with van der Waals surface area (Å²) in [6, 6.07) is 0.679. The van der Waals surface area contributed by atoms with E-state index in [0.717, 1.165) is 12.5 Å². The third-order valence-corrected chi connectivity index (χ3v) is 2.56. The average molecular weight is 157 g/mol. The lowest BCUT2D eigenvalue weighted by Crippen LogP contribution is -2.34. The molecule has 0 amide bonds. The summed E-state index contributed by atoms with van der Waals surface area (Å²) in [6.07, 6.45) is 5.29. The molecule has 11 heavy (non-hydrogen) atoms. The lowest BCUT2D eigenvalue weighted by molar-refractivity contribution is 0.258. The van der Waals surface area contributed by atoms with Crippen LogP contribution in [0.5, 0.6) is 0 Å². The minimum atomic E-state index is 0.270. The van der Waals surface area contributed by atoms with Gasteiger partial charge in [-0.2, -0.15) is 0 Å². The topological polar surface area (TPSA) is 32.3 Å². The van der Waals surface area contributed by atoms with Crippen LogP contribution >= 0.6 is 0 Å². The van der Waals surface area contributed by atoms with Crippen molar-refractivity contribution in [1.29, 1.82) is 0 Å². The van der Waals surface area contributed by atoms with Crippen molar-refractivity contribution in [2.24, 2.45) is 5.92 Å². The van der Waals surface area contributed by atoms with Crippen LogP contribution in [0.3, 0.4) is 0 Å². The second-order valence-corrected chi connectivity index (χ2v) is 3.63. The third-order valence-electron chi connectivity index (χ3n) is 2.56. The number of hydrogen-bond acceptors (Lipinski definition) is 2. The van der Waals surface area contributed by atoms with Gasteiger partial charge in [-0.1, -0.05) is 6.92 Å². The first-order chi connectivity index (χ1) is 5.33. The summed E-state index contributed by atoms with van der Waals surface area (Å²) in [5.41, 5.74) is 0. The Morgan fingerprint density at radius 3 is 2.45 bits per heavy atom. The van der Waals surface area contributed by atoms with Gasteiger partial charge in [0, 0.05) is 12.6 Å². The fourth-order valence-electron chi connectivity index (χ4n) is 1.73. The van der Waals surface area contributed by atoms with Gasteiger partial charge in [0.25, 0.3) is 0 Å². The van der Waals surface area contributed by atoms with Gasteiger partial charge in [-0.15, -0.1) is 0 Å². The molecular formula is C9H19NO. The second-order valence-electron chi connectivity index (χ2n) is 3.63. The number of rotatable bonds is 3. The maximum atomic E-state index is 8.59. The van der Waals surface area contributed by atoms with Gasteiger partial charge in [0.05, 0.1) is 6.61 Å². The van der Waals surface area contributed by atoms with Crippen LogP contribution in [0, 0.1) is 5.92 Å². The van der Waals surface area contributed by atoms with Crippen LogP contribution in [-0.2, 0) is 0 Å². The summed E-state index contributed by atoms with van der Waals surface area (Å²) in [7, 11) is 0. The molecule has 66 valence electrons. The Labute approximate surface area is 69.0 Å². The monoisotopic (exact) mass is 157 g/mol. The molecule has 0 heterocycles. The van der Waals surface area contributed by atoms with Crippen molar-refractivity contribution in [2.45, 2.75) is 38.6 Å². The molecular weight excluding hydrogens is 138 g/mol. The van der Waals surface area contributed by atoms with Crippen LogP contribution in [0.25, 0.3) is 0 Å². The van der Waals surface area contributed by atoms with E-state index in [-0.39, 0.29) is 6.61 Å². The summed E-state index contributed by atoms with van der Waals surface area (Å²) in [4.78, 5) is 0. The molecule has 0 atom stereocenters. The summed E-state index contributed by atoms with van der Waals surface area (Å²) < 4.78 is 0. The largest absolute Gasteiger partial charge is 0.395 e. The van der Waals surface area contributed by atoms with Gasteiger partial charge in [-0.25, -0.2) is 0 Å². The molecule has 0 aromatic rings. The zero-order chi connectivity index (χ0) is 8.10. The Balaban J connectivity index is 2.07. The van der Waals surface area contributed by atoms with Crippen LogP contribution < -0.4 is 5.32 Å². The summed E-state index contributed by atoms with van der Waals surface area (Å²) in [5.74, 6) is 0.919. The van der Waals surface area contributed by atoms with Gasteiger partial charge in [-0.3, -0.25) is 0 Å². The fourth-order valence-corrected chi connectivity index (χ4v) is 1.73. The van der Waals surface area contributed by atoms with Crippen molar-refractivity contribution >= 4 is 0 Å². The van der Waals surface area contributed by atoms with E-state index < -0.39 is 0 Å². The molecule has 1 saturated carbocycles. The Kier molecular flexibility index (Phi) is 3.87. The number of aliphatic hydroxyl groups is 1. The Bertz CT molecular complexity index is 95.0. The molecule has 2 N–H and O–H groups in total. The van der Waals surface area contributed by atoms with Crippen molar-refractivity contribution < 1.29 is 5.11 Å². The highest BCUT2D eigenvalue weighted by Gasteiger charge is 2.16. The van der Waals surface area contributed by atoms with Crippen LogP contribution in [0.4, 0.5) is 0 Å². The van der Waals surface area contributed by atoms with E-state index in [1.165, 1.54) is 25.7 Å². The van der Waals surface area contributed by atoms with E-state index in [9.17, 15) is 0 Å². The van der Waals surface area contributed by atoms with Crippen LogP contribution in [0.2, 0.25) is 0 Å². The lowest BCUT2D eigenvalue weighted by atomic mass is 9.87. The Morgan fingerprint density at radius 1 is 1.27 bits per heavy atom. The first-order valence-corrected chi connectivity index (χ1v) is 4.67. The highest BCUT2D eigenvalue weighted by Crippen LogP contribution is 2.22. The molecule has 0 radical (unpaired) electrons. The molecule has 0 aliphatic heterocycles. The molecule has 0 unspecified atom stereocenters. The molecule has 2 nitrogen and oxygen atoms in total. The van der Waals surface area contributed by atoms with Gasteiger partial charge in [0.15, 0.2) is 0 Å². The van der Waals surface area contributed by atoms with Crippen molar-refractivity contribution in [1.82, 2.24) is 5.32 Å². The Morgan fingerprint density at radius 2 is 1.91 bits per heavy atom. The molecule has 1 aliphatic carbocycles. The lowest BCUT2D eigenvalue weighted by Gasteiger charge is -2.26. The van der Waals surface area contributed by atoms with E-state index in [4.69, 9.17) is 5.11 Å². The van der Waals surface area contributed by atoms with Crippen molar-refractivity contribution in [2.75, 3.05) is 13.2 Å². The average Bonchev–Trinajstić information content (AvgIpc) is 2.04. The number of nitrogens with one attached hydrogen (secondary N) is 1. The Hall–Kier alpha value is -0.0800. The highest BCUT2D eigenvalue weighted by atomic mass is 16.3. The van der Waals surface area contributed by atoms with Gasteiger partial charge in [0.1, 0.15) is 0 Å². The van der Waals surface area contributed by atoms with Crippen molar-refractivity contribution in [3.8, 4) is 0 Å². The van der Waals surface area contributed by atoms with Crippen molar-refractivity contribution in [3.63, 3.8) is 0 Å². The zero-order valence-corrected chi connectivity index (χ0v) is 7.34.